The van der Waals surface area contributed by atoms with Gasteiger partial charge in [0, 0.05) is 35.0 Å². The van der Waals surface area contributed by atoms with E-state index in [0.29, 0.717) is 23.4 Å². The summed E-state index contributed by atoms with van der Waals surface area (Å²) in [4.78, 5) is 23.3. The third-order valence-electron chi connectivity index (χ3n) is 5.27. The van der Waals surface area contributed by atoms with E-state index in [0.717, 1.165) is 33.2 Å². The zero-order valence-electron chi connectivity index (χ0n) is 17.8. The molecule has 6 heteroatoms. The van der Waals surface area contributed by atoms with Crippen LogP contribution >= 0.6 is 0 Å². The highest BCUT2D eigenvalue weighted by Crippen LogP contribution is 2.32. The van der Waals surface area contributed by atoms with Crippen LogP contribution in [0.25, 0.3) is 22.1 Å². The number of ketones is 1. The zero-order chi connectivity index (χ0) is 22.7. The molecule has 0 aliphatic heterocycles. The topological polar surface area (TPSA) is 109 Å². The number of amides is 1. The molecule has 162 valence electrons. The molecule has 6 nitrogen and oxygen atoms in total. The van der Waals surface area contributed by atoms with E-state index in [1.165, 1.54) is 6.92 Å². The van der Waals surface area contributed by atoms with Crippen LogP contribution in [-0.4, -0.2) is 11.7 Å². The molecule has 0 unspecified atom stereocenters. The smallest absolute Gasteiger partial charge is 0.248 e. The first kappa shape index (κ1) is 21.3. The van der Waals surface area contributed by atoms with Crippen LogP contribution in [-0.2, 0) is 24.4 Å². The average Bonchev–Trinajstić information content (AvgIpc) is 3.26. The van der Waals surface area contributed by atoms with Crippen molar-refractivity contribution in [1.29, 1.82) is 0 Å². The maximum absolute atomic E-state index is 11.7. The molecule has 0 bridgehead atoms. The van der Waals surface area contributed by atoms with E-state index < -0.39 is 5.91 Å². The quantitative estimate of drug-likeness (QED) is 0.433. The number of carbonyl (C=O) groups is 2. The fraction of sp³-hybridized carbons (Fsp3) is 0.154. The summed E-state index contributed by atoms with van der Waals surface area (Å²) in [6.07, 6.45) is 1.87. The molecule has 4 N–H and O–H groups in total. The minimum atomic E-state index is -0.550. The predicted octanol–water partition coefficient (Wildman–Crippen LogP) is 4.37. The zero-order valence-corrected chi connectivity index (χ0v) is 17.8. The van der Waals surface area contributed by atoms with Gasteiger partial charge in [-0.3, -0.25) is 9.59 Å². The second-order valence-electron chi connectivity index (χ2n) is 7.74. The largest absolute Gasteiger partial charge is 0.489 e. The monoisotopic (exact) mass is 428 g/mol. The van der Waals surface area contributed by atoms with Crippen molar-refractivity contribution < 1.29 is 18.7 Å². The van der Waals surface area contributed by atoms with Gasteiger partial charge in [-0.05, 0) is 60.0 Å². The molecular weight excluding hydrogens is 404 g/mol. The first-order valence-electron chi connectivity index (χ1n) is 10.3. The lowest BCUT2D eigenvalue weighted by molar-refractivity contribution is -0.116. The third kappa shape index (κ3) is 4.55. The van der Waals surface area contributed by atoms with E-state index >= 15 is 0 Å². The molecule has 1 amide bonds. The Morgan fingerprint density at radius 2 is 1.84 bits per heavy atom. The van der Waals surface area contributed by atoms with Gasteiger partial charge in [-0.2, -0.15) is 0 Å². The van der Waals surface area contributed by atoms with E-state index in [9.17, 15) is 9.59 Å². The van der Waals surface area contributed by atoms with Crippen LogP contribution in [0.2, 0.25) is 0 Å². The maximum Gasteiger partial charge on any atom is 0.248 e. The average molecular weight is 428 g/mol. The lowest BCUT2D eigenvalue weighted by atomic mass is 9.99. The second-order valence-corrected chi connectivity index (χ2v) is 7.74. The summed E-state index contributed by atoms with van der Waals surface area (Å²) in [6, 6.07) is 18.8. The first-order chi connectivity index (χ1) is 15.4. The highest BCUT2D eigenvalue weighted by molar-refractivity contribution is 5.94. The van der Waals surface area contributed by atoms with Gasteiger partial charge in [-0.1, -0.05) is 24.3 Å². The Morgan fingerprint density at radius 1 is 1.00 bits per heavy atom. The standard InChI is InChI=1S/C26H24N2O4/c1-16(29)9-20-5-6-22(26(28)30)13-24(20)32-15-18-11-21-7-8-31-25(21)23(12-18)19-4-2-3-17(10-19)14-27/h2-8,10-13H,9,14-15,27H2,1H3,(H2,28,30). The third-order valence-corrected chi connectivity index (χ3v) is 5.27. The molecule has 0 radical (unpaired) electrons. The molecule has 0 spiro atoms. The number of Topliss-reactive ketones (excluding diaryl/α,β-unsaturated/α-hetero) is 1. The Morgan fingerprint density at radius 3 is 2.59 bits per heavy atom. The number of benzene rings is 3. The molecule has 32 heavy (non-hydrogen) atoms. The SMILES string of the molecule is CC(=O)Cc1ccc(C(N)=O)cc1OCc1cc(-c2cccc(CN)c2)c2occc2c1. The van der Waals surface area contributed by atoms with Crippen LogP contribution in [0.5, 0.6) is 5.75 Å². The van der Waals surface area contributed by atoms with Gasteiger partial charge in [0.2, 0.25) is 5.91 Å². The van der Waals surface area contributed by atoms with Gasteiger partial charge in [0.1, 0.15) is 23.7 Å². The second kappa shape index (κ2) is 9.08. The van der Waals surface area contributed by atoms with Gasteiger partial charge in [0.15, 0.2) is 0 Å². The number of hydrogen-bond donors (Lipinski definition) is 2. The molecule has 3 aromatic carbocycles. The minimum absolute atomic E-state index is 0.00330. The van der Waals surface area contributed by atoms with Crippen LogP contribution in [0.3, 0.4) is 0 Å². The highest BCUT2D eigenvalue weighted by Gasteiger charge is 2.13. The van der Waals surface area contributed by atoms with Crippen LogP contribution in [0.15, 0.2) is 71.3 Å². The van der Waals surface area contributed by atoms with E-state index in [-0.39, 0.29) is 18.8 Å². The Balaban J connectivity index is 1.69. The maximum atomic E-state index is 11.7. The summed E-state index contributed by atoms with van der Waals surface area (Å²) in [5.41, 5.74) is 17.0. The van der Waals surface area contributed by atoms with Crippen LogP contribution in [0.1, 0.15) is 34.0 Å². The van der Waals surface area contributed by atoms with Crippen molar-refractivity contribution in [2.45, 2.75) is 26.5 Å². The first-order valence-corrected chi connectivity index (χ1v) is 10.3. The van der Waals surface area contributed by atoms with E-state index in [1.54, 1.807) is 24.5 Å². The Kier molecular flexibility index (Phi) is 6.05. The molecule has 0 saturated carbocycles. The van der Waals surface area contributed by atoms with E-state index in [2.05, 4.69) is 0 Å². The van der Waals surface area contributed by atoms with Crippen molar-refractivity contribution >= 4 is 22.7 Å². The van der Waals surface area contributed by atoms with Gasteiger partial charge >= 0.3 is 0 Å². The lowest BCUT2D eigenvalue weighted by Gasteiger charge is -2.13. The number of fused-ring (bicyclic) bond motifs is 1. The van der Waals surface area contributed by atoms with Gasteiger partial charge < -0.3 is 20.6 Å². The van der Waals surface area contributed by atoms with Crippen molar-refractivity contribution in [1.82, 2.24) is 0 Å². The molecule has 0 fully saturated rings. The number of nitrogens with two attached hydrogens (primary N) is 2. The number of rotatable bonds is 8. The van der Waals surface area contributed by atoms with Gasteiger partial charge in [-0.15, -0.1) is 0 Å². The summed E-state index contributed by atoms with van der Waals surface area (Å²) in [7, 11) is 0. The molecule has 4 rings (SSSR count). The molecule has 1 heterocycles. The fourth-order valence-corrected chi connectivity index (χ4v) is 3.73. The summed E-state index contributed by atoms with van der Waals surface area (Å²) in [5.74, 6) is -0.0786. The minimum Gasteiger partial charge on any atom is -0.489 e. The molecule has 4 aromatic rings. The van der Waals surface area contributed by atoms with Crippen molar-refractivity contribution in [3.05, 3.63) is 89.2 Å². The van der Waals surface area contributed by atoms with Crippen LogP contribution in [0.4, 0.5) is 0 Å². The van der Waals surface area contributed by atoms with E-state index in [4.69, 9.17) is 20.6 Å². The number of furan rings is 1. The number of carbonyl (C=O) groups excluding carboxylic acids is 2. The summed E-state index contributed by atoms with van der Waals surface area (Å²) in [5, 5.41) is 0.953. The van der Waals surface area contributed by atoms with Crippen LogP contribution in [0, 0.1) is 0 Å². The van der Waals surface area contributed by atoms with Crippen LogP contribution < -0.4 is 16.2 Å². The molecule has 0 aliphatic rings. The molecule has 0 atom stereocenters. The summed E-state index contributed by atoms with van der Waals surface area (Å²) < 4.78 is 11.8. The summed E-state index contributed by atoms with van der Waals surface area (Å²) >= 11 is 0. The van der Waals surface area contributed by atoms with Gasteiger partial charge in [0.25, 0.3) is 0 Å². The highest BCUT2D eigenvalue weighted by atomic mass is 16.5. The normalized spacial score (nSPS) is 10.9. The summed E-state index contributed by atoms with van der Waals surface area (Å²) in [6.45, 7) is 2.21. The Labute approximate surface area is 185 Å². The molecule has 0 aliphatic carbocycles. The molecule has 0 saturated heterocycles. The van der Waals surface area contributed by atoms with Crippen molar-refractivity contribution in [3.8, 4) is 16.9 Å². The fourth-order valence-electron chi connectivity index (χ4n) is 3.73. The van der Waals surface area contributed by atoms with Gasteiger partial charge in [0.05, 0.1) is 6.26 Å². The predicted molar refractivity (Wildman–Crippen MR) is 123 cm³/mol. The van der Waals surface area contributed by atoms with Crippen molar-refractivity contribution in [2.75, 3.05) is 0 Å². The molecular formula is C26H24N2O4. The van der Waals surface area contributed by atoms with Gasteiger partial charge in [-0.25, -0.2) is 0 Å². The number of primary amides is 1. The Bertz CT molecular complexity index is 1310. The number of hydrogen-bond acceptors (Lipinski definition) is 5. The van der Waals surface area contributed by atoms with Crippen molar-refractivity contribution in [2.24, 2.45) is 11.5 Å². The molecule has 1 aromatic heterocycles. The Hall–Kier alpha value is -3.90. The number of ether oxygens (including phenoxy) is 1. The lowest BCUT2D eigenvalue weighted by Crippen LogP contribution is -2.12. The van der Waals surface area contributed by atoms with E-state index in [1.807, 2.05) is 42.5 Å². The van der Waals surface area contributed by atoms with Crippen molar-refractivity contribution in [3.63, 3.8) is 0 Å².